The molecule has 1 heterocycles. The molecule has 0 bridgehead atoms. The second-order valence-corrected chi connectivity index (χ2v) is 3.92. The zero-order chi connectivity index (χ0) is 10.1. The van der Waals surface area contributed by atoms with Crippen LogP contribution in [-0.2, 0) is 19.9 Å². The van der Waals surface area contributed by atoms with E-state index in [-0.39, 0.29) is 0 Å². The van der Waals surface area contributed by atoms with Crippen molar-refractivity contribution in [3.8, 4) is 0 Å². The zero-order valence-corrected chi connectivity index (χ0v) is 8.84. The molecule has 0 amide bonds. The molecule has 0 spiro atoms. The van der Waals surface area contributed by atoms with E-state index in [9.17, 15) is 4.79 Å². The molecule has 1 aliphatic rings. The summed E-state index contributed by atoms with van der Waals surface area (Å²) < 4.78 is 1.89. The third kappa shape index (κ3) is 1.37. The lowest BCUT2D eigenvalue weighted by Gasteiger charge is -2.11. The van der Waals surface area contributed by atoms with Gasteiger partial charge < -0.3 is 0 Å². The van der Waals surface area contributed by atoms with Gasteiger partial charge in [-0.1, -0.05) is 13.3 Å². The van der Waals surface area contributed by atoms with Crippen LogP contribution < -0.4 is 0 Å². The quantitative estimate of drug-likeness (QED) is 0.717. The predicted octanol–water partition coefficient (Wildman–Crippen LogP) is 1.89. The number of carbonyl (C=O) groups excluding carboxylic acids is 1. The van der Waals surface area contributed by atoms with Crippen molar-refractivity contribution >= 4 is 5.78 Å². The van der Waals surface area contributed by atoms with Gasteiger partial charge in [-0.3, -0.25) is 9.48 Å². The van der Waals surface area contributed by atoms with Gasteiger partial charge in [0.1, 0.15) is 0 Å². The van der Waals surface area contributed by atoms with E-state index in [0.717, 1.165) is 42.6 Å². The number of nitrogens with zero attached hydrogens (tertiary/aromatic N) is 2. The van der Waals surface area contributed by atoms with Crippen molar-refractivity contribution < 1.29 is 4.79 Å². The van der Waals surface area contributed by atoms with Crippen LogP contribution in [0.15, 0.2) is 0 Å². The van der Waals surface area contributed by atoms with Crippen LogP contribution in [0.2, 0.25) is 0 Å². The summed E-state index contributed by atoms with van der Waals surface area (Å²) in [6.07, 6.45) is 4.67. The molecule has 0 fully saturated rings. The van der Waals surface area contributed by atoms with E-state index in [2.05, 4.69) is 12.0 Å². The van der Waals surface area contributed by atoms with E-state index >= 15 is 0 Å². The van der Waals surface area contributed by atoms with Gasteiger partial charge in [0, 0.05) is 19.2 Å². The molecule has 1 aromatic rings. The number of rotatable bonds is 2. The molecule has 0 N–H and O–H groups in total. The van der Waals surface area contributed by atoms with Crippen LogP contribution in [0.5, 0.6) is 0 Å². The molecule has 3 nitrogen and oxygen atoms in total. The van der Waals surface area contributed by atoms with Crippen molar-refractivity contribution in [2.45, 2.75) is 39.0 Å². The highest BCUT2D eigenvalue weighted by Gasteiger charge is 2.24. The third-order valence-electron chi connectivity index (χ3n) is 2.82. The Morgan fingerprint density at radius 1 is 1.43 bits per heavy atom. The van der Waals surface area contributed by atoms with Crippen molar-refractivity contribution in [1.29, 1.82) is 0 Å². The van der Waals surface area contributed by atoms with Gasteiger partial charge in [-0.15, -0.1) is 0 Å². The van der Waals surface area contributed by atoms with Crippen LogP contribution in [0.4, 0.5) is 0 Å². The van der Waals surface area contributed by atoms with Gasteiger partial charge in [-0.2, -0.15) is 5.10 Å². The predicted molar refractivity (Wildman–Crippen MR) is 54.5 cm³/mol. The van der Waals surface area contributed by atoms with Gasteiger partial charge in [-0.25, -0.2) is 0 Å². The Kier molecular flexibility index (Phi) is 2.40. The highest BCUT2D eigenvalue weighted by atomic mass is 16.1. The SMILES string of the molecule is CCCc1nn(C)c2c1C(=O)CCC2. The number of aromatic nitrogens is 2. The number of ketones is 1. The monoisotopic (exact) mass is 192 g/mol. The Bertz CT molecular complexity index is 366. The summed E-state index contributed by atoms with van der Waals surface area (Å²) in [7, 11) is 1.94. The summed E-state index contributed by atoms with van der Waals surface area (Å²) in [4.78, 5) is 11.7. The lowest BCUT2D eigenvalue weighted by molar-refractivity contribution is 0.0971. The summed E-state index contributed by atoms with van der Waals surface area (Å²) in [6, 6.07) is 0. The first-order valence-electron chi connectivity index (χ1n) is 5.32. The summed E-state index contributed by atoms with van der Waals surface area (Å²) in [5.74, 6) is 0.294. The maximum absolute atomic E-state index is 11.7. The molecular formula is C11H16N2O. The molecule has 1 aromatic heterocycles. The minimum absolute atomic E-state index is 0.294. The number of carbonyl (C=O) groups is 1. The molecule has 1 aliphatic carbocycles. The Morgan fingerprint density at radius 3 is 2.93 bits per heavy atom. The summed E-state index contributed by atoms with van der Waals surface area (Å²) in [5.41, 5.74) is 3.08. The van der Waals surface area contributed by atoms with Gasteiger partial charge in [0.25, 0.3) is 0 Å². The molecule has 0 aliphatic heterocycles. The third-order valence-corrected chi connectivity index (χ3v) is 2.82. The van der Waals surface area contributed by atoms with Crippen LogP contribution in [-0.4, -0.2) is 15.6 Å². The highest BCUT2D eigenvalue weighted by Crippen LogP contribution is 2.24. The Labute approximate surface area is 84.1 Å². The molecule has 0 radical (unpaired) electrons. The van der Waals surface area contributed by atoms with E-state index in [1.807, 2.05) is 11.7 Å². The first-order valence-corrected chi connectivity index (χ1v) is 5.32. The summed E-state index contributed by atoms with van der Waals surface area (Å²) >= 11 is 0. The number of hydrogen-bond acceptors (Lipinski definition) is 2. The molecule has 3 heteroatoms. The molecule has 0 unspecified atom stereocenters. The first kappa shape index (κ1) is 9.44. The number of Topliss-reactive ketones (excluding diaryl/α,β-unsaturated/α-hetero) is 1. The molecule has 76 valence electrons. The normalized spacial score (nSPS) is 15.7. The molecule has 0 aromatic carbocycles. The van der Waals surface area contributed by atoms with Crippen molar-refractivity contribution in [2.75, 3.05) is 0 Å². The topological polar surface area (TPSA) is 34.9 Å². The largest absolute Gasteiger partial charge is 0.294 e. The fourth-order valence-electron chi connectivity index (χ4n) is 2.18. The molecule has 0 atom stereocenters. The number of aryl methyl sites for hydroxylation is 2. The standard InChI is InChI=1S/C11H16N2O/c1-3-5-8-11-9(13(2)12-8)6-4-7-10(11)14/h3-7H2,1-2H3. The van der Waals surface area contributed by atoms with Crippen LogP contribution in [0.3, 0.4) is 0 Å². The minimum Gasteiger partial charge on any atom is -0.294 e. The van der Waals surface area contributed by atoms with Gasteiger partial charge in [0.2, 0.25) is 0 Å². The van der Waals surface area contributed by atoms with E-state index in [1.165, 1.54) is 0 Å². The minimum atomic E-state index is 0.294. The van der Waals surface area contributed by atoms with Crippen LogP contribution in [0.25, 0.3) is 0 Å². The van der Waals surface area contributed by atoms with Gasteiger partial charge >= 0.3 is 0 Å². The van der Waals surface area contributed by atoms with Crippen LogP contribution >= 0.6 is 0 Å². The molecular weight excluding hydrogens is 176 g/mol. The fraction of sp³-hybridized carbons (Fsp3) is 0.636. The Balaban J connectivity index is 2.47. The second-order valence-electron chi connectivity index (χ2n) is 3.92. The highest BCUT2D eigenvalue weighted by molar-refractivity contribution is 5.99. The summed E-state index contributed by atoms with van der Waals surface area (Å²) in [6.45, 7) is 2.12. The van der Waals surface area contributed by atoms with Crippen LogP contribution in [0.1, 0.15) is 47.9 Å². The lowest BCUT2D eigenvalue weighted by Crippen LogP contribution is -2.12. The van der Waals surface area contributed by atoms with Crippen molar-refractivity contribution in [3.05, 3.63) is 17.0 Å². The molecule has 0 saturated carbocycles. The Morgan fingerprint density at radius 2 is 2.21 bits per heavy atom. The number of fused-ring (bicyclic) bond motifs is 1. The van der Waals surface area contributed by atoms with Crippen molar-refractivity contribution in [1.82, 2.24) is 9.78 Å². The molecule has 0 saturated heterocycles. The first-order chi connectivity index (χ1) is 6.74. The molecule has 14 heavy (non-hydrogen) atoms. The van der Waals surface area contributed by atoms with E-state index in [4.69, 9.17) is 0 Å². The average molecular weight is 192 g/mol. The van der Waals surface area contributed by atoms with E-state index < -0.39 is 0 Å². The van der Waals surface area contributed by atoms with E-state index in [0.29, 0.717) is 12.2 Å². The summed E-state index contributed by atoms with van der Waals surface area (Å²) in [5, 5.41) is 4.43. The van der Waals surface area contributed by atoms with E-state index in [1.54, 1.807) is 0 Å². The average Bonchev–Trinajstić information content (AvgIpc) is 2.46. The van der Waals surface area contributed by atoms with Crippen molar-refractivity contribution in [3.63, 3.8) is 0 Å². The molecule has 2 rings (SSSR count). The van der Waals surface area contributed by atoms with Crippen molar-refractivity contribution in [2.24, 2.45) is 7.05 Å². The second kappa shape index (κ2) is 3.56. The maximum atomic E-state index is 11.7. The smallest absolute Gasteiger partial charge is 0.166 e. The zero-order valence-electron chi connectivity index (χ0n) is 8.84. The Hall–Kier alpha value is -1.12. The maximum Gasteiger partial charge on any atom is 0.166 e. The van der Waals surface area contributed by atoms with Crippen LogP contribution in [0, 0.1) is 0 Å². The number of hydrogen-bond donors (Lipinski definition) is 0. The van der Waals surface area contributed by atoms with Gasteiger partial charge in [-0.05, 0) is 19.3 Å². The fourth-order valence-corrected chi connectivity index (χ4v) is 2.18. The van der Waals surface area contributed by atoms with Gasteiger partial charge in [0.15, 0.2) is 5.78 Å². The van der Waals surface area contributed by atoms with Gasteiger partial charge in [0.05, 0.1) is 11.3 Å². The lowest BCUT2D eigenvalue weighted by atomic mass is 9.93.